The second kappa shape index (κ2) is 6.72. The third-order valence-corrected chi connectivity index (χ3v) is 5.72. The van der Waals surface area contributed by atoms with Gasteiger partial charge in [-0.2, -0.15) is 0 Å². The highest BCUT2D eigenvalue weighted by Crippen LogP contribution is 2.54. The molecule has 2 bridgehead atoms. The third kappa shape index (κ3) is 2.42. The van der Waals surface area contributed by atoms with Crippen molar-refractivity contribution in [2.45, 2.75) is 24.9 Å². The largest absolute Gasteiger partial charge is 0.493 e. The standard InChI is InChI=1S/C21H24O5/c1-6-7-14-11-21(26-5)12(2)17(18(19(14)22)20(21)23)13-8-9-15(24-3)16(10-13)25-4/h6,8-12,17-18H,1,7H2,2-5H3/t12-,17+,18+,21-/m1/s1. The van der Waals surface area contributed by atoms with Gasteiger partial charge in [-0.3, -0.25) is 9.59 Å². The summed E-state index contributed by atoms with van der Waals surface area (Å²) in [6, 6.07) is 5.54. The van der Waals surface area contributed by atoms with Gasteiger partial charge < -0.3 is 14.2 Å². The van der Waals surface area contributed by atoms with Crippen molar-refractivity contribution in [3.63, 3.8) is 0 Å². The lowest BCUT2D eigenvalue weighted by Gasteiger charge is -2.30. The molecule has 5 nitrogen and oxygen atoms in total. The van der Waals surface area contributed by atoms with Crippen molar-refractivity contribution in [3.05, 3.63) is 48.1 Å². The number of hydrogen-bond acceptors (Lipinski definition) is 5. The molecule has 0 spiro atoms. The molecule has 0 radical (unpaired) electrons. The quantitative estimate of drug-likeness (QED) is 0.579. The minimum atomic E-state index is -1.07. The van der Waals surface area contributed by atoms with Crippen LogP contribution in [-0.4, -0.2) is 38.5 Å². The minimum absolute atomic E-state index is 0.133. The number of ether oxygens (including phenoxy) is 3. The van der Waals surface area contributed by atoms with E-state index in [1.807, 2.05) is 19.1 Å². The monoisotopic (exact) mass is 356 g/mol. The smallest absolute Gasteiger partial charge is 0.180 e. The molecule has 1 aromatic carbocycles. The van der Waals surface area contributed by atoms with E-state index in [2.05, 4.69) is 6.58 Å². The molecule has 5 heteroatoms. The van der Waals surface area contributed by atoms with Gasteiger partial charge in [0.15, 0.2) is 23.1 Å². The van der Waals surface area contributed by atoms with Gasteiger partial charge >= 0.3 is 0 Å². The molecule has 0 aliphatic heterocycles. The molecule has 3 rings (SSSR count). The molecule has 0 N–H and O–H groups in total. The number of carbonyl (C=O) groups is 2. The Kier molecular flexibility index (Phi) is 4.76. The van der Waals surface area contributed by atoms with Gasteiger partial charge in [-0.25, -0.2) is 0 Å². The van der Waals surface area contributed by atoms with Crippen LogP contribution < -0.4 is 9.47 Å². The molecule has 2 aliphatic carbocycles. The van der Waals surface area contributed by atoms with Gasteiger partial charge in [0.25, 0.3) is 0 Å². The zero-order valence-electron chi connectivity index (χ0n) is 15.6. The fourth-order valence-electron chi connectivity index (χ4n) is 4.40. The maximum atomic E-state index is 13.1. The molecule has 0 saturated heterocycles. The number of ketones is 2. The first-order chi connectivity index (χ1) is 12.4. The van der Waals surface area contributed by atoms with Crippen LogP contribution in [0.15, 0.2) is 42.5 Å². The lowest BCUT2D eigenvalue weighted by molar-refractivity contribution is -0.141. The highest BCUT2D eigenvalue weighted by Gasteiger charge is 2.63. The van der Waals surface area contributed by atoms with E-state index in [9.17, 15) is 9.59 Å². The van der Waals surface area contributed by atoms with Crippen LogP contribution in [0.4, 0.5) is 0 Å². The first-order valence-electron chi connectivity index (χ1n) is 8.63. The van der Waals surface area contributed by atoms with Crippen molar-refractivity contribution >= 4 is 11.6 Å². The molecule has 1 aromatic rings. The summed E-state index contributed by atoms with van der Waals surface area (Å²) < 4.78 is 16.4. The van der Waals surface area contributed by atoms with Crippen molar-refractivity contribution in [2.75, 3.05) is 21.3 Å². The molecule has 0 unspecified atom stereocenters. The summed E-state index contributed by atoms with van der Waals surface area (Å²) in [6.07, 6.45) is 3.82. The lowest BCUT2D eigenvalue weighted by Crippen LogP contribution is -2.45. The molecule has 0 heterocycles. The maximum Gasteiger partial charge on any atom is 0.180 e. The Morgan fingerprint density at radius 3 is 2.42 bits per heavy atom. The van der Waals surface area contributed by atoms with E-state index < -0.39 is 11.5 Å². The fourth-order valence-corrected chi connectivity index (χ4v) is 4.40. The first-order valence-corrected chi connectivity index (χ1v) is 8.63. The predicted molar refractivity (Wildman–Crippen MR) is 97.6 cm³/mol. The number of methoxy groups -OCH3 is 3. The van der Waals surface area contributed by atoms with Gasteiger partial charge in [-0.15, -0.1) is 6.58 Å². The van der Waals surface area contributed by atoms with Crippen molar-refractivity contribution in [2.24, 2.45) is 11.8 Å². The first kappa shape index (κ1) is 18.4. The van der Waals surface area contributed by atoms with E-state index in [0.717, 1.165) is 5.56 Å². The van der Waals surface area contributed by atoms with Crippen LogP contribution in [-0.2, 0) is 14.3 Å². The number of hydrogen-bond donors (Lipinski definition) is 0. The summed E-state index contributed by atoms with van der Waals surface area (Å²) in [4.78, 5) is 26.1. The second-order valence-corrected chi connectivity index (χ2v) is 6.79. The Bertz CT molecular complexity index is 794. The van der Waals surface area contributed by atoms with E-state index in [4.69, 9.17) is 14.2 Å². The molecule has 1 saturated carbocycles. The Hall–Kier alpha value is -2.40. The summed E-state index contributed by atoms with van der Waals surface area (Å²) in [5, 5.41) is 0. The van der Waals surface area contributed by atoms with Crippen LogP contribution >= 0.6 is 0 Å². The average molecular weight is 356 g/mol. The summed E-state index contributed by atoms with van der Waals surface area (Å²) >= 11 is 0. The Labute approximate surface area is 153 Å². The van der Waals surface area contributed by atoms with E-state index in [-0.39, 0.29) is 23.4 Å². The molecule has 0 aromatic heterocycles. The zero-order valence-corrected chi connectivity index (χ0v) is 15.6. The third-order valence-electron chi connectivity index (χ3n) is 5.72. The summed E-state index contributed by atoms with van der Waals surface area (Å²) in [7, 11) is 4.66. The maximum absolute atomic E-state index is 13.1. The van der Waals surface area contributed by atoms with Crippen LogP contribution in [0.2, 0.25) is 0 Å². The number of benzene rings is 1. The predicted octanol–water partition coefficient (Wildman–Crippen LogP) is 3.09. The highest BCUT2D eigenvalue weighted by atomic mass is 16.5. The van der Waals surface area contributed by atoms with Gasteiger partial charge in [-0.1, -0.05) is 19.1 Å². The van der Waals surface area contributed by atoms with Gasteiger partial charge in [-0.05, 0) is 35.8 Å². The molecular weight excluding hydrogens is 332 g/mol. The van der Waals surface area contributed by atoms with E-state index >= 15 is 0 Å². The topological polar surface area (TPSA) is 61.8 Å². The molecule has 2 aliphatic rings. The van der Waals surface area contributed by atoms with Crippen molar-refractivity contribution in [1.82, 2.24) is 0 Å². The lowest BCUT2D eigenvalue weighted by atomic mass is 9.80. The normalized spacial score (nSPS) is 30.2. The zero-order chi connectivity index (χ0) is 19.1. The SMILES string of the molecule is C=CCC1=C[C@]2(OC)C(=O)[C@H](C1=O)[C@H](c1ccc(OC)c(OC)c1)[C@H]2C. The fraction of sp³-hybridized carbons (Fsp3) is 0.429. The van der Waals surface area contributed by atoms with Gasteiger partial charge in [0.05, 0.1) is 20.1 Å². The van der Waals surface area contributed by atoms with Gasteiger partial charge in [0, 0.05) is 18.9 Å². The molecular formula is C21H24O5. The van der Waals surface area contributed by atoms with Crippen LogP contribution in [0.5, 0.6) is 11.5 Å². The van der Waals surface area contributed by atoms with Crippen LogP contribution in [0.1, 0.15) is 24.8 Å². The van der Waals surface area contributed by atoms with E-state index in [0.29, 0.717) is 23.5 Å². The van der Waals surface area contributed by atoms with Crippen molar-refractivity contribution in [3.8, 4) is 11.5 Å². The Morgan fingerprint density at radius 1 is 1.15 bits per heavy atom. The van der Waals surface area contributed by atoms with Crippen LogP contribution in [0, 0.1) is 11.8 Å². The number of allylic oxidation sites excluding steroid dienone is 2. The summed E-state index contributed by atoms with van der Waals surface area (Å²) in [5.74, 6) is -0.332. The number of rotatable bonds is 6. The van der Waals surface area contributed by atoms with Crippen LogP contribution in [0.25, 0.3) is 0 Å². The van der Waals surface area contributed by atoms with E-state index in [1.54, 1.807) is 32.4 Å². The number of fused-ring (bicyclic) bond motifs is 2. The minimum Gasteiger partial charge on any atom is -0.493 e. The van der Waals surface area contributed by atoms with Gasteiger partial charge in [0.1, 0.15) is 5.60 Å². The summed E-state index contributed by atoms with van der Waals surface area (Å²) in [6.45, 7) is 5.68. The highest BCUT2D eigenvalue weighted by molar-refractivity contribution is 6.19. The van der Waals surface area contributed by atoms with E-state index in [1.165, 1.54) is 7.11 Å². The molecule has 0 amide bonds. The molecule has 138 valence electrons. The van der Waals surface area contributed by atoms with Crippen LogP contribution in [0.3, 0.4) is 0 Å². The molecule has 26 heavy (non-hydrogen) atoms. The summed E-state index contributed by atoms with van der Waals surface area (Å²) in [5.41, 5.74) is 0.393. The number of Topliss-reactive ketones (excluding diaryl/α,β-unsaturated/α-hetero) is 2. The average Bonchev–Trinajstić information content (AvgIpc) is 2.81. The Balaban J connectivity index is 2.13. The van der Waals surface area contributed by atoms with Crippen molar-refractivity contribution in [1.29, 1.82) is 0 Å². The Morgan fingerprint density at radius 2 is 1.85 bits per heavy atom. The molecule has 4 atom stereocenters. The number of carbonyl (C=O) groups excluding carboxylic acids is 2. The molecule has 1 fully saturated rings. The van der Waals surface area contributed by atoms with Crippen molar-refractivity contribution < 1.29 is 23.8 Å². The second-order valence-electron chi connectivity index (χ2n) is 6.79. The van der Waals surface area contributed by atoms with Gasteiger partial charge in [0.2, 0.25) is 0 Å².